The highest BCUT2D eigenvalue weighted by Gasteiger charge is 2.32. The Morgan fingerprint density at radius 1 is 1.43 bits per heavy atom. The van der Waals surface area contributed by atoms with Crippen LogP contribution in [0.2, 0.25) is 0 Å². The van der Waals surface area contributed by atoms with E-state index in [0.717, 1.165) is 0 Å². The molecule has 21 heavy (non-hydrogen) atoms. The van der Waals surface area contributed by atoms with Crippen molar-refractivity contribution in [2.75, 3.05) is 5.75 Å². The van der Waals surface area contributed by atoms with Crippen molar-refractivity contribution in [3.8, 4) is 11.4 Å². The smallest absolute Gasteiger partial charge is 0.228 e. The van der Waals surface area contributed by atoms with Gasteiger partial charge in [0.05, 0.1) is 11.0 Å². The van der Waals surface area contributed by atoms with Gasteiger partial charge in [0.15, 0.2) is 9.84 Å². The molecule has 0 aliphatic carbocycles. The van der Waals surface area contributed by atoms with Crippen molar-refractivity contribution in [1.29, 1.82) is 0 Å². The second-order valence-electron chi connectivity index (χ2n) is 5.31. The summed E-state index contributed by atoms with van der Waals surface area (Å²) in [5, 5.41) is 3.36. The van der Waals surface area contributed by atoms with Crippen molar-refractivity contribution in [3.63, 3.8) is 0 Å². The maximum atomic E-state index is 13.5. The summed E-state index contributed by atoms with van der Waals surface area (Å²) in [6.45, 7) is 1.67. The maximum Gasteiger partial charge on any atom is 0.228 e. The first-order valence-corrected chi connectivity index (χ1v) is 8.48. The van der Waals surface area contributed by atoms with E-state index in [2.05, 4.69) is 10.1 Å². The Morgan fingerprint density at radius 3 is 2.90 bits per heavy atom. The van der Waals surface area contributed by atoms with Crippen LogP contribution in [0.15, 0.2) is 22.7 Å². The van der Waals surface area contributed by atoms with Gasteiger partial charge in [-0.2, -0.15) is 4.98 Å². The summed E-state index contributed by atoms with van der Waals surface area (Å²) in [5.74, 6) is 0.444. The van der Waals surface area contributed by atoms with E-state index >= 15 is 0 Å². The zero-order valence-electron chi connectivity index (χ0n) is 11.5. The summed E-state index contributed by atoms with van der Waals surface area (Å²) in [6, 6.07) is 4.69. The van der Waals surface area contributed by atoms with E-state index in [1.54, 1.807) is 19.1 Å². The number of nitrogens with zero attached hydrogens (tertiary/aromatic N) is 2. The van der Waals surface area contributed by atoms with Crippen molar-refractivity contribution in [2.24, 2.45) is 0 Å². The molecular formula is C14H15FN2O3S. The van der Waals surface area contributed by atoms with Crippen molar-refractivity contribution in [3.05, 3.63) is 35.5 Å². The molecule has 1 unspecified atom stereocenters. The van der Waals surface area contributed by atoms with E-state index in [4.69, 9.17) is 4.52 Å². The number of hydrogen-bond acceptors (Lipinski definition) is 5. The molecule has 5 nitrogen and oxygen atoms in total. The Labute approximate surface area is 122 Å². The number of sulfone groups is 1. The van der Waals surface area contributed by atoms with Gasteiger partial charge in [-0.15, -0.1) is 0 Å². The third kappa shape index (κ3) is 2.83. The van der Waals surface area contributed by atoms with Gasteiger partial charge in [0.2, 0.25) is 11.7 Å². The summed E-state index contributed by atoms with van der Waals surface area (Å²) in [6.07, 6.45) is 1.53. The van der Waals surface area contributed by atoms with Crippen molar-refractivity contribution in [1.82, 2.24) is 10.1 Å². The molecule has 0 spiro atoms. The van der Waals surface area contributed by atoms with E-state index in [9.17, 15) is 12.8 Å². The van der Waals surface area contributed by atoms with E-state index in [0.29, 0.717) is 24.0 Å². The van der Waals surface area contributed by atoms with Crippen molar-refractivity contribution in [2.45, 2.75) is 31.4 Å². The number of benzene rings is 1. The average molecular weight is 310 g/mol. The molecule has 0 saturated carbocycles. The SMILES string of the molecule is Cc1ccc(-c2noc(CC3CCCS3(=O)=O)n2)cc1F. The highest BCUT2D eigenvalue weighted by molar-refractivity contribution is 7.92. The third-order valence-corrected chi connectivity index (χ3v) is 6.04. The first-order chi connectivity index (χ1) is 9.95. The van der Waals surface area contributed by atoms with Gasteiger partial charge in [-0.1, -0.05) is 17.3 Å². The average Bonchev–Trinajstić information content (AvgIpc) is 3.01. The molecule has 7 heteroatoms. The Bertz CT molecular complexity index is 770. The van der Waals surface area contributed by atoms with Crippen molar-refractivity contribution < 1.29 is 17.3 Å². The highest BCUT2D eigenvalue weighted by Crippen LogP contribution is 2.24. The second kappa shape index (κ2) is 5.22. The van der Waals surface area contributed by atoms with Gasteiger partial charge < -0.3 is 4.52 Å². The molecule has 1 saturated heterocycles. The van der Waals surface area contributed by atoms with Crippen LogP contribution in [0.1, 0.15) is 24.3 Å². The third-order valence-electron chi connectivity index (χ3n) is 3.76. The topological polar surface area (TPSA) is 73.1 Å². The molecule has 112 valence electrons. The molecule has 2 aromatic rings. The molecule has 1 aliphatic heterocycles. The highest BCUT2D eigenvalue weighted by atomic mass is 32.2. The van der Waals surface area contributed by atoms with Crippen LogP contribution in [0.25, 0.3) is 11.4 Å². The van der Waals surface area contributed by atoms with Crippen LogP contribution in [0.5, 0.6) is 0 Å². The number of hydrogen-bond donors (Lipinski definition) is 0. The molecular weight excluding hydrogens is 295 g/mol. The molecule has 1 fully saturated rings. The number of aryl methyl sites for hydroxylation is 1. The lowest BCUT2D eigenvalue weighted by Crippen LogP contribution is -2.18. The Hall–Kier alpha value is -1.76. The van der Waals surface area contributed by atoms with Crippen LogP contribution >= 0.6 is 0 Å². The van der Waals surface area contributed by atoms with Gasteiger partial charge in [0, 0.05) is 12.0 Å². The zero-order valence-corrected chi connectivity index (χ0v) is 12.4. The van der Waals surface area contributed by atoms with Gasteiger partial charge in [-0.3, -0.25) is 0 Å². The second-order valence-corrected chi connectivity index (χ2v) is 7.71. The summed E-state index contributed by atoms with van der Waals surface area (Å²) in [4.78, 5) is 4.17. The molecule has 1 atom stereocenters. The summed E-state index contributed by atoms with van der Waals surface area (Å²) < 4.78 is 42.2. The monoisotopic (exact) mass is 310 g/mol. The van der Waals surface area contributed by atoms with E-state index < -0.39 is 15.1 Å². The lowest BCUT2D eigenvalue weighted by atomic mass is 10.1. The van der Waals surface area contributed by atoms with E-state index in [1.165, 1.54) is 6.07 Å². The van der Waals surface area contributed by atoms with Gasteiger partial charge in [0.25, 0.3) is 0 Å². The maximum absolute atomic E-state index is 13.5. The fraction of sp³-hybridized carbons (Fsp3) is 0.429. The van der Waals surface area contributed by atoms with E-state index in [1.807, 2.05) is 0 Å². The van der Waals surface area contributed by atoms with E-state index in [-0.39, 0.29) is 29.7 Å². The fourth-order valence-electron chi connectivity index (χ4n) is 2.47. The zero-order chi connectivity index (χ0) is 15.0. The van der Waals surface area contributed by atoms with Crippen LogP contribution in [0, 0.1) is 12.7 Å². The largest absolute Gasteiger partial charge is 0.339 e. The standard InChI is InChI=1S/C14H15FN2O3S/c1-9-4-5-10(7-12(9)15)14-16-13(20-17-14)8-11-3-2-6-21(11,18)19/h4-5,7,11H,2-3,6,8H2,1H3. The van der Waals surface area contributed by atoms with Gasteiger partial charge in [-0.25, -0.2) is 12.8 Å². The minimum Gasteiger partial charge on any atom is -0.339 e. The minimum absolute atomic E-state index is 0.224. The molecule has 2 heterocycles. The Morgan fingerprint density at radius 2 is 2.24 bits per heavy atom. The van der Waals surface area contributed by atoms with Gasteiger partial charge in [0.1, 0.15) is 5.82 Å². The van der Waals surface area contributed by atoms with Crippen molar-refractivity contribution >= 4 is 9.84 Å². The van der Waals surface area contributed by atoms with Crippen LogP contribution in [0.3, 0.4) is 0 Å². The van der Waals surface area contributed by atoms with Crippen LogP contribution in [-0.4, -0.2) is 29.6 Å². The predicted molar refractivity (Wildman–Crippen MR) is 74.9 cm³/mol. The molecule has 1 aliphatic rings. The quantitative estimate of drug-likeness (QED) is 0.869. The van der Waals surface area contributed by atoms with Gasteiger partial charge >= 0.3 is 0 Å². The lowest BCUT2D eigenvalue weighted by molar-refractivity contribution is 0.375. The van der Waals surface area contributed by atoms with Crippen LogP contribution in [0.4, 0.5) is 4.39 Å². The number of halogens is 1. The summed E-state index contributed by atoms with van der Waals surface area (Å²) in [7, 11) is -3.04. The number of aromatic nitrogens is 2. The fourth-order valence-corrected chi connectivity index (χ4v) is 4.29. The molecule has 0 amide bonds. The van der Waals surface area contributed by atoms with Crippen LogP contribution in [-0.2, 0) is 16.3 Å². The minimum atomic E-state index is -3.04. The first-order valence-electron chi connectivity index (χ1n) is 6.76. The van der Waals surface area contributed by atoms with Gasteiger partial charge in [-0.05, 0) is 31.4 Å². The summed E-state index contributed by atoms with van der Waals surface area (Å²) >= 11 is 0. The normalized spacial score (nSPS) is 20.8. The molecule has 3 rings (SSSR count). The molecule has 0 N–H and O–H groups in total. The predicted octanol–water partition coefficient (Wildman–Crippen LogP) is 2.30. The molecule has 0 radical (unpaired) electrons. The Kier molecular flexibility index (Phi) is 3.52. The van der Waals surface area contributed by atoms with Crippen LogP contribution < -0.4 is 0 Å². The number of rotatable bonds is 3. The lowest BCUT2D eigenvalue weighted by Gasteiger charge is -2.04. The Balaban J connectivity index is 1.82. The molecule has 1 aromatic carbocycles. The summed E-state index contributed by atoms with van der Waals surface area (Å²) in [5.41, 5.74) is 1.06. The molecule has 0 bridgehead atoms. The first kappa shape index (κ1) is 14.2. The molecule has 1 aromatic heterocycles.